The van der Waals surface area contributed by atoms with Crippen LogP contribution in [0.5, 0.6) is 5.75 Å². The van der Waals surface area contributed by atoms with E-state index in [-0.39, 0.29) is 18.4 Å². The van der Waals surface area contributed by atoms with Crippen molar-refractivity contribution < 1.29 is 14.3 Å². The van der Waals surface area contributed by atoms with Gasteiger partial charge in [-0.15, -0.1) is 0 Å². The maximum Gasteiger partial charge on any atom is 0.262 e. The third-order valence-electron chi connectivity index (χ3n) is 3.25. The lowest BCUT2D eigenvalue weighted by Crippen LogP contribution is -2.20. The number of ether oxygens (including phenoxy) is 1. The van der Waals surface area contributed by atoms with Crippen LogP contribution in [0.15, 0.2) is 40.9 Å². The zero-order chi connectivity index (χ0) is 19.1. The number of carbonyl (C=O) groups is 2. The SMILES string of the molecule is CCCC(=O)Nc1ccc(Cl)c(NC(=O)COc2ccc(Cl)cc2Br)c1. The molecule has 8 heteroatoms. The summed E-state index contributed by atoms with van der Waals surface area (Å²) >= 11 is 15.3. The third-order valence-corrected chi connectivity index (χ3v) is 4.44. The van der Waals surface area contributed by atoms with Crippen LogP contribution in [0.3, 0.4) is 0 Å². The summed E-state index contributed by atoms with van der Waals surface area (Å²) in [6.07, 6.45) is 1.18. The molecule has 2 N–H and O–H groups in total. The second kappa shape index (κ2) is 9.80. The van der Waals surface area contributed by atoms with E-state index in [1.165, 1.54) is 0 Å². The standard InChI is InChI=1S/C18H17BrCl2N2O3/c1-2-3-17(24)22-12-5-6-14(21)15(9-12)23-18(25)10-26-16-7-4-11(20)8-13(16)19/h4-9H,2-3,10H2,1H3,(H,22,24)(H,23,25). The number of rotatable bonds is 7. The van der Waals surface area contributed by atoms with Gasteiger partial charge in [-0.1, -0.05) is 30.1 Å². The van der Waals surface area contributed by atoms with Crippen molar-refractivity contribution in [2.45, 2.75) is 19.8 Å². The molecule has 0 heterocycles. The minimum absolute atomic E-state index is 0.0944. The molecule has 0 bridgehead atoms. The normalized spacial score (nSPS) is 10.3. The summed E-state index contributed by atoms with van der Waals surface area (Å²) < 4.78 is 6.11. The molecule has 0 aromatic heterocycles. The minimum atomic E-state index is -0.384. The van der Waals surface area contributed by atoms with Crippen LogP contribution in [0.4, 0.5) is 11.4 Å². The van der Waals surface area contributed by atoms with Crippen molar-refractivity contribution >= 4 is 62.3 Å². The smallest absolute Gasteiger partial charge is 0.262 e. The highest BCUT2D eigenvalue weighted by atomic mass is 79.9. The fraction of sp³-hybridized carbons (Fsp3) is 0.222. The fourth-order valence-corrected chi connectivity index (χ4v) is 3.03. The monoisotopic (exact) mass is 458 g/mol. The van der Waals surface area contributed by atoms with Gasteiger partial charge < -0.3 is 15.4 Å². The van der Waals surface area contributed by atoms with Crippen LogP contribution in [0.2, 0.25) is 10.0 Å². The van der Waals surface area contributed by atoms with E-state index in [1.54, 1.807) is 36.4 Å². The van der Waals surface area contributed by atoms with E-state index in [9.17, 15) is 9.59 Å². The van der Waals surface area contributed by atoms with E-state index >= 15 is 0 Å². The zero-order valence-corrected chi connectivity index (χ0v) is 17.0. The quantitative estimate of drug-likeness (QED) is 0.573. The molecule has 5 nitrogen and oxygen atoms in total. The van der Waals surface area contributed by atoms with E-state index in [2.05, 4.69) is 26.6 Å². The van der Waals surface area contributed by atoms with Gasteiger partial charge in [0.15, 0.2) is 6.61 Å². The largest absolute Gasteiger partial charge is 0.483 e. The molecule has 2 amide bonds. The second-order valence-corrected chi connectivity index (χ2v) is 7.10. The van der Waals surface area contributed by atoms with Gasteiger partial charge in [-0.2, -0.15) is 0 Å². The minimum Gasteiger partial charge on any atom is -0.483 e. The lowest BCUT2D eigenvalue weighted by Gasteiger charge is -2.12. The molecular weight excluding hydrogens is 443 g/mol. The Bertz CT molecular complexity index is 815. The molecule has 26 heavy (non-hydrogen) atoms. The molecule has 0 aliphatic rings. The Labute approximate surface area is 170 Å². The summed E-state index contributed by atoms with van der Waals surface area (Å²) in [6.45, 7) is 1.72. The van der Waals surface area contributed by atoms with Gasteiger partial charge in [0.25, 0.3) is 5.91 Å². The first kappa shape index (κ1) is 20.6. The Morgan fingerprint density at radius 2 is 1.85 bits per heavy atom. The third kappa shape index (κ3) is 6.20. The Hall–Kier alpha value is -1.76. The van der Waals surface area contributed by atoms with E-state index in [4.69, 9.17) is 27.9 Å². The summed E-state index contributed by atoms with van der Waals surface area (Å²) in [6, 6.07) is 9.89. The molecule has 2 rings (SSSR count). The Kier molecular flexibility index (Phi) is 7.75. The van der Waals surface area contributed by atoms with Crippen LogP contribution < -0.4 is 15.4 Å². The van der Waals surface area contributed by atoms with Gasteiger partial charge in [0, 0.05) is 17.1 Å². The number of halogens is 3. The molecule has 0 aliphatic heterocycles. The molecule has 2 aromatic carbocycles. The molecular formula is C18H17BrCl2N2O3. The van der Waals surface area contributed by atoms with E-state index < -0.39 is 0 Å². The van der Waals surface area contributed by atoms with Crippen LogP contribution in [-0.2, 0) is 9.59 Å². The average Bonchev–Trinajstić information content (AvgIpc) is 2.57. The molecule has 0 saturated heterocycles. The Morgan fingerprint density at radius 3 is 2.54 bits per heavy atom. The molecule has 0 radical (unpaired) electrons. The van der Waals surface area contributed by atoms with Gasteiger partial charge in [-0.3, -0.25) is 9.59 Å². The number of anilines is 2. The number of carbonyl (C=O) groups excluding carboxylic acids is 2. The lowest BCUT2D eigenvalue weighted by atomic mass is 10.2. The number of amides is 2. The van der Waals surface area contributed by atoms with Crippen molar-refractivity contribution in [1.82, 2.24) is 0 Å². The Morgan fingerprint density at radius 1 is 1.08 bits per heavy atom. The van der Waals surface area contributed by atoms with Gasteiger partial charge in [0.2, 0.25) is 5.91 Å². The van der Waals surface area contributed by atoms with Crippen molar-refractivity contribution in [3.63, 3.8) is 0 Å². The molecule has 2 aromatic rings. The number of nitrogens with one attached hydrogen (secondary N) is 2. The Balaban J connectivity index is 1.98. The number of benzene rings is 2. The maximum atomic E-state index is 12.1. The number of hydrogen-bond donors (Lipinski definition) is 2. The van der Waals surface area contributed by atoms with E-state index in [0.29, 0.717) is 38.1 Å². The average molecular weight is 460 g/mol. The molecule has 138 valence electrons. The van der Waals surface area contributed by atoms with Gasteiger partial charge in [0.05, 0.1) is 15.2 Å². The fourth-order valence-electron chi connectivity index (χ4n) is 2.07. The van der Waals surface area contributed by atoms with Gasteiger partial charge in [-0.05, 0) is 58.7 Å². The molecule has 0 saturated carbocycles. The summed E-state index contributed by atoms with van der Waals surface area (Å²) in [5, 5.41) is 6.34. The maximum absolute atomic E-state index is 12.1. The second-order valence-electron chi connectivity index (χ2n) is 5.40. The van der Waals surface area contributed by atoms with Crippen molar-refractivity contribution in [3.8, 4) is 5.75 Å². The molecule has 0 unspecified atom stereocenters. The van der Waals surface area contributed by atoms with Gasteiger partial charge in [-0.25, -0.2) is 0 Å². The van der Waals surface area contributed by atoms with Crippen LogP contribution >= 0.6 is 39.1 Å². The highest BCUT2D eigenvalue weighted by molar-refractivity contribution is 9.10. The van der Waals surface area contributed by atoms with Crippen LogP contribution in [0.1, 0.15) is 19.8 Å². The van der Waals surface area contributed by atoms with Crippen LogP contribution in [0.25, 0.3) is 0 Å². The summed E-state index contributed by atoms with van der Waals surface area (Å²) in [5.41, 5.74) is 0.953. The predicted molar refractivity (Wildman–Crippen MR) is 108 cm³/mol. The van der Waals surface area contributed by atoms with Gasteiger partial charge in [0.1, 0.15) is 5.75 Å². The van der Waals surface area contributed by atoms with Crippen LogP contribution in [-0.4, -0.2) is 18.4 Å². The highest BCUT2D eigenvalue weighted by Gasteiger charge is 2.10. The summed E-state index contributed by atoms with van der Waals surface area (Å²) in [7, 11) is 0. The van der Waals surface area contributed by atoms with E-state index in [0.717, 1.165) is 6.42 Å². The molecule has 0 atom stereocenters. The molecule has 0 aliphatic carbocycles. The van der Waals surface area contributed by atoms with Crippen molar-refractivity contribution in [2.75, 3.05) is 17.2 Å². The first-order chi connectivity index (χ1) is 12.4. The topological polar surface area (TPSA) is 67.4 Å². The first-order valence-corrected chi connectivity index (χ1v) is 9.41. The molecule has 0 spiro atoms. The predicted octanol–water partition coefficient (Wildman–Crippen LogP) is 5.51. The zero-order valence-electron chi connectivity index (χ0n) is 13.9. The van der Waals surface area contributed by atoms with Crippen molar-refractivity contribution in [1.29, 1.82) is 0 Å². The van der Waals surface area contributed by atoms with Crippen LogP contribution in [0, 0.1) is 0 Å². The molecule has 0 fully saturated rings. The van der Waals surface area contributed by atoms with E-state index in [1.807, 2.05) is 6.92 Å². The summed E-state index contributed by atoms with van der Waals surface area (Å²) in [4.78, 5) is 23.8. The lowest BCUT2D eigenvalue weighted by molar-refractivity contribution is -0.118. The van der Waals surface area contributed by atoms with Gasteiger partial charge >= 0.3 is 0 Å². The van der Waals surface area contributed by atoms with Crippen molar-refractivity contribution in [2.24, 2.45) is 0 Å². The highest BCUT2D eigenvalue weighted by Crippen LogP contribution is 2.28. The summed E-state index contributed by atoms with van der Waals surface area (Å²) in [5.74, 6) is 0.0185. The number of hydrogen-bond acceptors (Lipinski definition) is 3. The van der Waals surface area contributed by atoms with Crippen molar-refractivity contribution in [3.05, 3.63) is 50.9 Å². The first-order valence-electron chi connectivity index (χ1n) is 7.86.